The third kappa shape index (κ3) is 2.99. The zero-order chi connectivity index (χ0) is 12.5. The molecule has 2 rings (SSSR count). The quantitative estimate of drug-likeness (QED) is 0.863. The molecule has 0 radical (unpaired) electrons. The number of carbonyl (C=O) groups is 1. The van der Waals surface area contributed by atoms with Gasteiger partial charge < -0.3 is 11.1 Å². The maximum Gasteiger partial charge on any atom is 0.251 e. The van der Waals surface area contributed by atoms with Gasteiger partial charge in [-0.1, -0.05) is 11.6 Å². The van der Waals surface area contributed by atoms with Crippen molar-refractivity contribution in [2.24, 2.45) is 11.1 Å². The zero-order valence-electron chi connectivity index (χ0n) is 9.92. The second kappa shape index (κ2) is 4.67. The minimum atomic E-state index is -0.0738. The molecule has 0 aliphatic heterocycles. The summed E-state index contributed by atoms with van der Waals surface area (Å²) >= 11 is 5.92. The van der Waals surface area contributed by atoms with E-state index in [2.05, 4.69) is 5.32 Å². The van der Waals surface area contributed by atoms with Gasteiger partial charge in [0.15, 0.2) is 0 Å². The lowest BCUT2D eigenvalue weighted by molar-refractivity contribution is 0.0945. The third-order valence-corrected chi connectivity index (χ3v) is 3.54. The van der Waals surface area contributed by atoms with Gasteiger partial charge in [-0.3, -0.25) is 4.79 Å². The first-order valence-corrected chi connectivity index (χ1v) is 6.18. The number of aryl methyl sites for hydroxylation is 1. The van der Waals surface area contributed by atoms with Crippen LogP contribution in [0.15, 0.2) is 18.2 Å². The molecule has 0 aromatic heterocycles. The van der Waals surface area contributed by atoms with Crippen molar-refractivity contribution in [1.29, 1.82) is 0 Å². The maximum absolute atomic E-state index is 11.9. The summed E-state index contributed by atoms with van der Waals surface area (Å²) in [5, 5.41) is 3.52. The smallest absolute Gasteiger partial charge is 0.251 e. The molecule has 0 spiro atoms. The predicted molar refractivity (Wildman–Crippen MR) is 69.2 cm³/mol. The van der Waals surface area contributed by atoms with Gasteiger partial charge in [-0.15, -0.1) is 0 Å². The average molecular weight is 253 g/mol. The fourth-order valence-corrected chi connectivity index (χ4v) is 2.16. The molecule has 1 aliphatic rings. The molecule has 1 amide bonds. The Balaban J connectivity index is 1.99. The van der Waals surface area contributed by atoms with Gasteiger partial charge >= 0.3 is 0 Å². The highest BCUT2D eigenvalue weighted by molar-refractivity contribution is 6.31. The average Bonchev–Trinajstić information content (AvgIpc) is 3.05. The first-order chi connectivity index (χ1) is 8.04. The van der Waals surface area contributed by atoms with Crippen LogP contribution in [0.25, 0.3) is 0 Å². The van der Waals surface area contributed by atoms with Crippen molar-refractivity contribution in [1.82, 2.24) is 5.32 Å². The van der Waals surface area contributed by atoms with E-state index in [1.807, 2.05) is 19.1 Å². The highest BCUT2D eigenvalue weighted by Gasteiger charge is 2.41. The Morgan fingerprint density at radius 3 is 2.71 bits per heavy atom. The predicted octanol–water partition coefficient (Wildman–Crippen LogP) is 2.12. The first-order valence-electron chi connectivity index (χ1n) is 5.80. The topological polar surface area (TPSA) is 55.1 Å². The van der Waals surface area contributed by atoms with Crippen molar-refractivity contribution >= 4 is 17.5 Å². The van der Waals surface area contributed by atoms with Gasteiger partial charge in [0, 0.05) is 22.5 Å². The number of rotatable bonds is 4. The van der Waals surface area contributed by atoms with E-state index in [0.717, 1.165) is 18.4 Å². The highest BCUT2D eigenvalue weighted by atomic mass is 35.5. The van der Waals surface area contributed by atoms with Crippen LogP contribution < -0.4 is 11.1 Å². The van der Waals surface area contributed by atoms with Crippen molar-refractivity contribution in [2.45, 2.75) is 19.8 Å². The van der Waals surface area contributed by atoms with E-state index in [9.17, 15) is 4.79 Å². The lowest BCUT2D eigenvalue weighted by Crippen LogP contribution is -2.33. The van der Waals surface area contributed by atoms with E-state index in [1.54, 1.807) is 6.07 Å². The molecular weight excluding hydrogens is 236 g/mol. The van der Waals surface area contributed by atoms with Crippen LogP contribution in [0.3, 0.4) is 0 Å². The molecule has 17 heavy (non-hydrogen) atoms. The number of nitrogens with one attached hydrogen (secondary N) is 1. The fraction of sp³-hybridized carbons (Fsp3) is 0.462. The Morgan fingerprint density at radius 2 is 2.18 bits per heavy atom. The highest BCUT2D eigenvalue weighted by Crippen LogP contribution is 2.43. The van der Waals surface area contributed by atoms with Crippen molar-refractivity contribution in [2.75, 3.05) is 13.1 Å². The molecule has 1 aromatic carbocycles. The molecule has 1 aromatic rings. The number of carbonyl (C=O) groups excluding carboxylic acids is 1. The van der Waals surface area contributed by atoms with Crippen LogP contribution in [-0.2, 0) is 0 Å². The Kier molecular flexibility index (Phi) is 3.40. The van der Waals surface area contributed by atoms with Gasteiger partial charge in [-0.05, 0) is 50.1 Å². The molecule has 4 heteroatoms. The molecule has 3 nitrogen and oxygen atoms in total. The van der Waals surface area contributed by atoms with Gasteiger partial charge in [0.25, 0.3) is 5.91 Å². The number of amides is 1. The van der Waals surface area contributed by atoms with E-state index < -0.39 is 0 Å². The number of halogens is 1. The minimum Gasteiger partial charge on any atom is -0.351 e. The van der Waals surface area contributed by atoms with Crippen molar-refractivity contribution in [3.63, 3.8) is 0 Å². The second-order valence-corrected chi connectivity index (χ2v) is 5.34. The lowest BCUT2D eigenvalue weighted by Gasteiger charge is -2.13. The summed E-state index contributed by atoms with van der Waals surface area (Å²) in [5.41, 5.74) is 7.43. The Hall–Kier alpha value is -1.06. The second-order valence-electron chi connectivity index (χ2n) is 4.90. The molecule has 0 unspecified atom stereocenters. The van der Waals surface area contributed by atoms with Gasteiger partial charge in [0.05, 0.1) is 0 Å². The van der Waals surface area contributed by atoms with E-state index in [-0.39, 0.29) is 11.3 Å². The molecule has 92 valence electrons. The van der Waals surface area contributed by atoms with E-state index in [1.165, 1.54) is 0 Å². The zero-order valence-corrected chi connectivity index (χ0v) is 10.7. The molecule has 3 N–H and O–H groups in total. The Labute approximate surface area is 106 Å². The Bertz CT molecular complexity index is 421. The summed E-state index contributed by atoms with van der Waals surface area (Å²) in [6.45, 7) is 3.22. The van der Waals surface area contributed by atoms with Crippen LogP contribution >= 0.6 is 11.6 Å². The minimum absolute atomic E-state index is 0.0738. The van der Waals surface area contributed by atoms with Crippen LogP contribution in [0, 0.1) is 12.3 Å². The van der Waals surface area contributed by atoms with E-state index >= 15 is 0 Å². The number of hydrogen-bond donors (Lipinski definition) is 2. The van der Waals surface area contributed by atoms with E-state index in [0.29, 0.717) is 23.7 Å². The molecule has 1 saturated carbocycles. The first kappa shape index (κ1) is 12.4. The normalized spacial score (nSPS) is 16.6. The van der Waals surface area contributed by atoms with Gasteiger partial charge in [-0.25, -0.2) is 0 Å². The summed E-state index contributed by atoms with van der Waals surface area (Å²) in [6.07, 6.45) is 2.22. The molecule has 1 fully saturated rings. The lowest BCUT2D eigenvalue weighted by atomic mass is 10.1. The van der Waals surface area contributed by atoms with Gasteiger partial charge in [0.2, 0.25) is 0 Å². The summed E-state index contributed by atoms with van der Waals surface area (Å²) in [5.74, 6) is -0.0738. The standard InChI is InChI=1S/C13H17ClN2O/c1-9-4-10(6-11(14)5-9)12(17)16-8-13(7-15)2-3-13/h4-6H,2-3,7-8,15H2,1H3,(H,16,17). The fourth-order valence-electron chi connectivity index (χ4n) is 1.87. The van der Waals surface area contributed by atoms with Crippen molar-refractivity contribution in [3.8, 4) is 0 Å². The summed E-state index contributed by atoms with van der Waals surface area (Å²) in [4.78, 5) is 11.9. The largest absolute Gasteiger partial charge is 0.351 e. The Morgan fingerprint density at radius 1 is 1.47 bits per heavy atom. The van der Waals surface area contributed by atoms with Crippen LogP contribution in [0.5, 0.6) is 0 Å². The van der Waals surface area contributed by atoms with Gasteiger partial charge in [-0.2, -0.15) is 0 Å². The number of benzene rings is 1. The summed E-state index contributed by atoms with van der Waals surface area (Å²) in [6, 6.07) is 5.36. The molecule has 0 heterocycles. The number of nitrogens with two attached hydrogens (primary N) is 1. The summed E-state index contributed by atoms with van der Waals surface area (Å²) in [7, 11) is 0. The monoisotopic (exact) mass is 252 g/mol. The third-order valence-electron chi connectivity index (χ3n) is 3.32. The molecule has 0 bridgehead atoms. The molecular formula is C13H17ClN2O. The molecule has 1 aliphatic carbocycles. The van der Waals surface area contributed by atoms with Crippen molar-refractivity contribution in [3.05, 3.63) is 34.3 Å². The van der Waals surface area contributed by atoms with Crippen LogP contribution in [0.2, 0.25) is 5.02 Å². The number of hydrogen-bond acceptors (Lipinski definition) is 2. The van der Waals surface area contributed by atoms with Crippen LogP contribution in [0.4, 0.5) is 0 Å². The van der Waals surface area contributed by atoms with Crippen molar-refractivity contribution < 1.29 is 4.79 Å². The molecule has 0 saturated heterocycles. The van der Waals surface area contributed by atoms with E-state index in [4.69, 9.17) is 17.3 Å². The maximum atomic E-state index is 11.9. The van der Waals surface area contributed by atoms with Crippen LogP contribution in [0.1, 0.15) is 28.8 Å². The molecule has 0 atom stereocenters. The SMILES string of the molecule is Cc1cc(Cl)cc(C(=O)NCC2(CN)CC2)c1. The van der Waals surface area contributed by atoms with Crippen LogP contribution in [-0.4, -0.2) is 19.0 Å². The summed E-state index contributed by atoms with van der Waals surface area (Å²) < 4.78 is 0. The van der Waals surface area contributed by atoms with Gasteiger partial charge in [0.1, 0.15) is 0 Å².